The van der Waals surface area contributed by atoms with Crippen molar-refractivity contribution in [3.63, 3.8) is 0 Å². The van der Waals surface area contributed by atoms with Crippen molar-refractivity contribution in [2.75, 3.05) is 18.1 Å². The minimum absolute atomic E-state index is 0.124. The van der Waals surface area contributed by atoms with Crippen LogP contribution in [0.5, 0.6) is 0 Å². The van der Waals surface area contributed by atoms with Crippen molar-refractivity contribution >= 4 is 21.4 Å². The molecule has 17 heavy (non-hydrogen) atoms. The number of rotatable bonds is 6. The molecule has 1 aromatic carbocycles. The number of benzene rings is 1. The molecule has 0 bridgehead atoms. The Morgan fingerprint density at radius 2 is 1.88 bits per heavy atom. The summed E-state index contributed by atoms with van der Waals surface area (Å²) in [6, 6.07) is 7.66. The maximum atomic E-state index is 11.3. The molecule has 0 unspecified atom stereocenters. The number of sulfone groups is 1. The van der Waals surface area contributed by atoms with Gasteiger partial charge in [0.25, 0.3) is 0 Å². The Bertz CT molecular complexity index is 442. The van der Waals surface area contributed by atoms with Gasteiger partial charge in [-0.1, -0.05) is 30.7 Å². The van der Waals surface area contributed by atoms with Gasteiger partial charge in [0.15, 0.2) is 9.84 Å². The highest BCUT2D eigenvalue weighted by Gasteiger charge is 2.09. The van der Waals surface area contributed by atoms with E-state index < -0.39 is 9.84 Å². The van der Waals surface area contributed by atoms with Crippen molar-refractivity contribution in [1.29, 1.82) is 0 Å². The molecular formula is C12H18ClNO2S. The molecule has 0 aliphatic carbocycles. The van der Waals surface area contributed by atoms with E-state index >= 15 is 0 Å². The number of hydrogen-bond donors (Lipinski definition) is 1. The molecule has 1 N–H and O–H groups in total. The van der Waals surface area contributed by atoms with Crippen LogP contribution in [0.3, 0.4) is 0 Å². The van der Waals surface area contributed by atoms with Crippen LogP contribution in [0.15, 0.2) is 24.3 Å². The molecule has 5 heteroatoms. The Hall–Kier alpha value is -0.580. The Labute approximate surface area is 108 Å². The van der Waals surface area contributed by atoms with Crippen molar-refractivity contribution in [2.45, 2.75) is 19.9 Å². The summed E-state index contributed by atoms with van der Waals surface area (Å²) in [5, 5.41) is 3.89. The van der Waals surface area contributed by atoms with Gasteiger partial charge in [-0.25, -0.2) is 8.42 Å². The molecule has 0 aliphatic heterocycles. The van der Waals surface area contributed by atoms with Gasteiger partial charge in [-0.3, -0.25) is 0 Å². The molecule has 1 aromatic rings. The van der Waals surface area contributed by atoms with Crippen LogP contribution < -0.4 is 5.32 Å². The van der Waals surface area contributed by atoms with Gasteiger partial charge in [0.1, 0.15) is 0 Å². The first-order chi connectivity index (χ1) is 7.94. The predicted molar refractivity (Wildman–Crippen MR) is 72.2 cm³/mol. The summed E-state index contributed by atoms with van der Waals surface area (Å²) in [7, 11) is -2.89. The molecule has 0 saturated carbocycles. The van der Waals surface area contributed by atoms with E-state index in [1.807, 2.05) is 31.2 Å². The number of halogens is 1. The lowest BCUT2D eigenvalue weighted by Gasteiger charge is -2.14. The highest BCUT2D eigenvalue weighted by Crippen LogP contribution is 2.15. The van der Waals surface area contributed by atoms with Gasteiger partial charge in [0.05, 0.1) is 5.75 Å². The fraction of sp³-hybridized carbons (Fsp3) is 0.500. The second kappa shape index (κ2) is 6.38. The van der Waals surface area contributed by atoms with E-state index in [4.69, 9.17) is 11.6 Å². The maximum Gasteiger partial charge on any atom is 0.151 e. The molecule has 0 amide bonds. The summed E-state index contributed by atoms with van der Waals surface area (Å²) in [4.78, 5) is 0. The Kier molecular flexibility index (Phi) is 5.43. The third-order valence-electron chi connectivity index (χ3n) is 2.67. The maximum absolute atomic E-state index is 11.3. The van der Waals surface area contributed by atoms with Crippen molar-refractivity contribution < 1.29 is 8.42 Å². The third-order valence-corrected chi connectivity index (χ3v) is 4.63. The van der Waals surface area contributed by atoms with E-state index in [2.05, 4.69) is 5.32 Å². The lowest BCUT2D eigenvalue weighted by molar-refractivity contribution is 0.573. The standard InChI is InChI=1S/C12H18ClNO2S/c1-3-17(15,16)9-8-14-10(2)11-4-6-12(13)7-5-11/h4-7,10,14H,3,8-9H2,1-2H3/t10-/m0/s1. The molecule has 3 nitrogen and oxygen atoms in total. The van der Waals surface area contributed by atoms with E-state index in [1.54, 1.807) is 6.92 Å². The highest BCUT2D eigenvalue weighted by molar-refractivity contribution is 7.91. The smallest absolute Gasteiger partial charge is 0.151 e. The zero-order valence-electron chi connectivity index (χ0n) is 10.1. The largest absolute Gasteiger partial charge is 0.309 e. The molecule has 1 rings (SSSR count). The van der Waals surface area contributed by atoms with Crippen LogP contribution in [0.2, 0.25) is 5.02 Å². The fourth-order valence-electron chi connectivity index (χ4n) is 1.44. The quantitative estimate of drug-likeness (QED) is 0.867. The highest BCUT2D eigenvalue weighted by atomic mass is 35.5. The molecular weight excluding hydrogens is 258 g/mol. The molecule has 0 saturated heterocycles. The average molecular weight is 276 g/mol. The van der Waals surface area contributed by atoms with Gasteiger partial charge in [0.2, 0.25) is 0 Å². The number of nitrogens with one attached hydrogen (secondary N) is 1. The van der Waals surface area contributed by atoms with Crippen molar-refractivity contribution in [2.24, 2.45) is 0 Å². The fourth-order valence-corrected chi connectivity index (χ4v) is 2.29. The summed E-state index contributed by atoms with van der Waals surface area (Å²) >= 11 is 5.80. The van der Waals surface area contributed by atoms with Gasteiger partial charge in [-0.2, -0.15) is 0 Å². The van der Waals surface area contributed by atoms with Gasteiger partial charge in [-0.05, 0) is 24.6 Å². The summed E-state index contributed by atoms with van der Waals surface area (Å²) in [5.74, 6) is 0.380. The van der Waals surface area contributed by atoms with Crippen molar-refractivity contribution in [1.82, 2.24) is 5.32 Å². The first kappa shape index (κ1) is 14.5. The Morgan fingerprint density at radius 3 is 2.41 bits per heavy atom. The van der Waals surface area contributed by atoms with Gasteiger partial charge < -0.3 is 5.32 Å². The average Bonchev–Trinajstić information content (AvgIpc) is 2.29. The molecule has 0 aromatic heterocycles. The minimum atomic E-state index is -2.89. The van der Waals surface area contributed by atoms with E-state index in [0.717, 1.165) is 5.56 Å². The van der Waals surface area contributed by atoms with Crippen molar-refractivity contribution in [3.8, 4) is 0 Å². The predicted octanol–water partition coefficient (Wildman–Crippen LogP) is 2.43. The van der Waals surface area contributed by atoms with Gasteiger partial charge in [-0.15, -0.1) is 0 Å². The monoisotopic (exact) mass is 275 g/mol. The van der Waals surface area contributed by atoms with Crippen LogP contribution in [-0.2, 0) is 9.84 Å². The summed E-state index contributed by atoms with van der Waals surface area (Å²) in [6.45, 7) is 4.14. The van der Waals surface area contributed by atoms with Gasteiger partial charge >= 0.3 is 0 Å². The molecule has 0 spiro atoms. The second-order valence-corrected chi connectivity index (χ2v) is 6.87. The van der Waals surface area contributed by atoms with Crippen LogP contribution in [0.4, 0.5) is 0 Å². The summed E-state index contributed by atoms with van der Waals surface area (Å²) < 4.78 is 22.6. The lowest BCUT2D eigenvalue weighted by atomic mass is 10.1. The SMILES string of the molecule is CCS(=O)(=O)CCN[C@@H](C)c1ccc(Cl)cc1. The van der Waals surface area contributed by atoms with E-state index in [0.29, 0.717) is 11.6 Å². The van der Waals surface area contributed by atoms with Gasteiger partial charge in [0, 0.05) is 23.4 Å². The van der Waals surface area contributed by atoms with E-state index in [1.165, 1.54) is 0 Å². The van der Waals surface area contributed by atoms with Crippen LogP contribution in [0.1, 0.15) is 25.5 Å². The Morgan fingerprint density at radius 1 is 1.29 bits per heavy atom. The first-order valence-corrected chi connectivity index (χ1v) is 7.84. The lowest BCUT2D eigenvalue weighted by Crippen LogP contribution is -2.26. The van der Waals surface area contributed by atoms with Crippen molar-refractivity contribution in [3.05, 3.63) is 34.9 Å². The molecule has 1 atom stereocenters. The molecule has 96 valence electrons. The molecule has 0 radical (unpaired) electrons. The van der Waals surface area contributed by atoms with E-state index in [-0.39, 0.29) is 17.5 Å². The van der Waals surface area contributed by atoms with Crippen LogP contribution >= 0.6 is 11.6 Å². The summed E-state index contributed by atoms with van der Waals surface area (Å²) in [6.07, 6.45) is 0. The van der Waals surface area contributed by atoms with Crippen LogP contribution in [-0.4, -0.2) is 26.5 Å². The number of hydrogen-bond acceptors (Lipinski definition) is 3. The first-order valence-electron chi connectivity index (χ1n) is 5.64. The normalized spacial score (nSPS) is 13.6. The van der Waals surface area contributed by atoms with E-state index in [9.17, 15) is 8.42 Å². The zero-order chi connectivity index (χ0) is 12.9. The summed E-state index contributed by atoms with van der Waals surface area (Å²) in [5.41, 5.74) is 1.10. The van der Waals surface area contributed by atoms with Crippen LogP contribution in [0, 0.1) is 0 Å². The van der Waals surface area contributed by atoms with Crippen LogP contribution in [0.25, 0.3) is 0 Å². The molecule has 0 heterocycles. The molecule has 0 fully saturated rings. The molecule has 0 aliphatic rings. The topological polar surface area (TPSA) is 46.2 Å². The second-order valence-electron chi connectivity index (χ2n) is 3.96. The third kappa shape index (κ3) is 5.06. The zero-order valence-corrected chi connectivity index (χ0v) is 11.7. The Balaban J connectivity index is 2.45. The minimum Gasteiger partial charge on any atom is -0.309 e.